The molecule has 0 bridgehead atoms. The monoisotopic (exact) mass is 429 g/mol. The summed E-state index contributed by atoms with van der Waals surface area (Å²) in [7, 11) is 0. The van der Waals surface area contributed by atoms with Crippen LogP contribution in [0.3, 0.4) is 0 Å². The Balaban J connectivity index is 2.90. The minimum Gasteiger partial charge on any atom is -0.480 e. The minimum atomic E-state index is -1.47. The van der Waals surface area contributed by atoms with Crippen molar-refractivity contribution in [3.63, 3.8) is 0 Å². The zero-order chi connectivity index (χ0) is 22.8. The quantitative estimate of drug-likeness (QED) is 0.0977. The fourth-order valence-electron chi connectivity index (χ4n) is 3.02. The minimum absolute atomic E-state index is 0.0920. The maximum Gasteiger partial charge on any atom is 0.328 e. The average molecular weight is 429 g/mol. The molecule has 1 saturated heterocycles. The third-order valence-corrected chi connectivity index (χ3v) is 4.61. The summed E-state index contributed by atoms with van der Waals surface area (Å²) in [6, 6.07) is -4.16. The van der Waals surface area contributed by atoms with E-state index in [2.05, 4.69) is 15.6 Å². The Morgan fingerprint density at radius 2 is 1.87 bits per heavy atom. The number of carbonyl (C=O) groups excluding carboxylic acids is 3. The molecule has 30 heavy (non-hydrogen) atoms. The summed E-state index contributed by atoms with van der Waals surface area (Å²) in [6.07, 6.45) is 1.47. The first kappa shape index (κ1) is 25.1. The SMILES string of the molecule is CC(N)C(=O)NC(CCCN=C(N)N)C(=O)N1CCCC1C(=O)NC(CO)C(=O)O. The van der Waals surface area contributed by atoms with E-state index in [1.54, 1.807) is 0 Å². The number of carboxylic acid groups (broad SMARTS) is 1. The molecule has 170 valence electrons. The van der Waals surface area contributed by atoms with Crippen molar-refractivity contribution < 1.29 is 29.4 Å². The molecule has 3 amide bonds. The van der Waals surface area contributed by atoms with Crippen LogP contribution in [0.2, 0.25) is 0 Å². The zero-order valence-electron chi connectivity index (χ0n) is 16.9. The molecule has 0 aliphatic carbocycles. The van der Waals surface area contributed by atoms with E-state index < -0.39 is 54.5 Å². The summed E-state index contributed by atoms with van der Waals surface area (Å²) in [4.78, 5) is 53.8. The molecule has 1 fully saturated rings. The van der Waals surface area contributed by atoms with Crippen LogP contribution in [-0.4, -0.2) is 88.6 Å². The van der Waals surface area contributed by atoms with Crippen molar-refractivity contribution in [1.29, 1.82) is 0 Å². The number of guanidine groups is 1. The second-order valence-electron chi connectivity index (χ2n) is 7.07. The number of aliphatic hydroxyl groups is 1. The number of nitrogens with zero attached hydrogens (tertiary/aromatic N) is 2. The van der Waals surface area contributed by atoms with Gasteiger partial charge in [-0.25, -0.2) is 4.79 Å². The normalized spacial score (nSPS) is 18.8. The van der Waals surface area contributed by atoms with Gasteiger partial charge in [0.2, 0.25) is 17.7 Å². The molecule has 0 radical (unpaired) electrons. The number of hydrogen-bond acceptors (Lipinski definition) is 7. The van der Waals surface area contributed by atoms with E-state index >= 15 is 0 Å². The maximum atomic E-state index is 13.1. The molecule has 0 aromatic heterocycles. The molecule has 4 atom stereocenters. The summed E-state index contributed by atoms with van der Waals surface area (Å²) in [6.45, 7) is 1.22. The van der Waals surface area contributed by atoms with E-state index in [4.69, 9.17) is 27.4 Å². The summed E-state index contributed by atoms with van der Waals surface area (Å²) in [5.41, 5.74) is 16.1. The van der Waals surface area contributed by atoms with Crippen LogP contribution in [0.15, 0.2) is 4.99 Å². The van der Waals surface area contributed by atoms with Crippen molar-refractivity contribution in [3.05, 3.63) is 0 Å². The first-order valence-electron chi connectivity index (χ1n) is 9.64. The first-order chi connectivity index (χ1) is 14.1. The molecule has 0 aromatic rings. The lowest BCUT2D eigenvalue weighted by Crippen LogP contribution is -2.56. The number of rotatable bonds is 11. The van der Waals surface area contributed by atoms with E-state index in [1.165, 1.54) is 11.8 Å². The van der Waals surface area contributed by atoms with Gasteiger partial charge in [-0.15, -0.1) is 0 Å². The summed E-state index contributed by atoms with van der Waals surface area (Å²) >= 11 is 0. The predicted octanol–water partition coefficient (Wildman–Crippen LogP) is -3.58. The van der Waals surface area contributed by atoms with Crippen LogP contribution < -0.4 is 27.8 Å². The number of aliphatic imine (C=N–C) groups is 1. The highest BCUT2D eigenvalue weighted by atomic mass is 16.4. The Morgan fingerprint density at radius 1 is 1.20 bits per heavy atom. The molecule has 13 heteroatoms. The lowest BCUT2D eigenvalue weighted by molar-refractivity contribution is -0.145. The van der Waals surface area contributed by atoms with E-state index in [0.29, 0.717) is 19.3 Å². The van der Waals surface area contributed by atoms with Crippen LogP contribution in [0.5, 0.6) is 0 Å². The fraction of sp³-hybridized carbons (Fsp3) is 0.706. The summed E-state index contributed by atoms with van der Waals surface area (Å²) in [5, 5.41) is 22.9. The standard InChI is InChI=1S/C17H31N7O6/c1-9(18)13(26)22-10(4-2-6-21-17(19)20)15(28)24-7-3-5-12(24)14(27)23-11(8-25)16(29)30/h9-12,25H,2-8,18H2,1H3,(H,22,26)(H,23,27)(H,29,30)(H4,19,20,21). The molecule has 1 aliphatic rings. The zero-order valence-corrected chi connectivity index (χ0v) is 16.9. The van der Waals surface area contributed by atoms with Crippen LogP contribution in [0, 0.1) is 0 Å². The highest BCUT2D eigenvalue weighted by Crippen LogP contribution is 2.20. The van der Waals surface area contributed by atoms with Crippen LogP contribution in [0.25, 0.3) is 0 Å². The average Bonchev–Trinajstić information content (AvgIpc) is 3.16. The number of carbonyl (C=O) groups is 4. The maximum absolute atomic E-state index is 13.1. The fourth-order valence-corrected chi connectivity index (χ4v) is 3.02. The number of nitrogens with one attached hydrogen (secondary N) is 2. The lowest BCUT2D eigenvalue weighted by Gasteiger charge is -2.29. The highest BCUT2D eigenvalue weighted by Gasteiger charge is 2.38. The molecule has 0 spiro atoms. The molecule has 0 saturated carbocycles. The number of aliphatic hydroxyl groups excluding tert-OH is 1. The molecule has 4 unspecified atom stereocenters. The van der Waals surface area contributed by atoms with Crippen molar-refractivity contribution in [1.82, 2.24) is 15.5 Å². The van der Waals surface area contributed by atoms with Gasteiger partial charge in [-0.3, -0.25) is 19.4 Å². The number of amides is 3. The van der Waals surface area contributed by atoms with Crippen molar-refractivity contribution in [2.45, 2.75) is 56.8 Å². The third-order valence-electron chi connectivity index (χ3n) is 4.61. The number of hydrogen-bond donors (Lipinski definition) is 7. The van der Waals surface area contributed by atoms with Crippen LogP contribution in [0.1, 0.15) is 32.6 Å². The van der Waals surface area contributed by atoms with E-state index in [-0.39, 0.29) is 25.5 Å². The van der Waals surface area contributed by atoms with Gasteiger partial charge >= 0.3 is 5.97 Å². The van der Waals surface area contributed by atoms with Gasteiger partial charge in [0, 0.05) is 13.1 Å². The smallest absolute Gasteiger partial charge is 0.328 e. The van der Waals surface area contributed by atoms with Crippen LogP contribution in [0.4, 0.5) is 0 Å². The predicted molar refractivity (Wildman–Crippen MR) is 107 cm³/mol. The first-order valence-corrected chi connectivity index (χ1v) is 9.64. The Hall–Kier alpha value is -2.93. The van der Waals surface area contributed by atoms with Gasteiger partial charge in [0.05, 0.1) is 12.6 Å². The summed E-state index contributed by atoms with van der Waals surface area (Å²) < 4.78 is 0. The van der Waals surface area contributed by atoms with Crippen molar-refractivity contribution in [2.75, 3.05) is 19.7 Å². The number of aliphatic carboxylic acids is 1. The molecular formula is C17H31N7O6. The van der Waals surface area contributed by atoms with Gasteiger partial charge in [-0.05, 0) is 32.6 Å². The molecular weight excluding hydrogens is 398 g/mol. The molecule has 0 aromatic carbocycles. The largest absolute Gasteiger partial charge is 0.480 e. The molecule has 1 rings (SSSR count). The van der Waals surface area contributed by atoms with E-state index in [1.807, 2.05) is 0 Å². The van der Waals surface area contributed by atoms with Crippen molar-refractivity contribution in [2.24, 2.45) is 22.2 Å². The third kappa shape index (κ3) is 7.48. The van der Waals surface area contributed by atoms with Gasteiger partial charge < -0.3 is 42.9 Å². The molecule has 1 aliphatic heterocycles. The van der Waals surface area contributed by atoms with Crippen LogP contribution in [-0.2, 0) is 19.2 Å². The van der Waals surface area contributed by atoms with Crippen molar-refractivity contribution in [3.8, 4) is 0 Å². The lowest BCUT2D eigenvalue weighted by atomic mass is 10.1. The topological polar surface area (TPSA) is 226 Å². The van der Waals surface area contributed by atoms with E-state index in [0.717, 1.165) is 0 Å². The van der Waals surface area contributed by atoms with Crippen LogP contribution >= 0.6 is 0 Å². The van der Waals surface area contributed by atoms with Crippen molar-refractivity contribution >= 4 is 29.7 Å². The van der Waals surface area contributed by atoms with Gasteiger partial charge in [0.25, 0.3) is 0 Å². The Bertz CT molecular complexity index is 665. The highest BCUT2D eigenvalue weighted by molar-refractivity contribution is 5.94. The number of likely N-dealkylation sites (tertiary alicyclic amines) is 1. The van der Waals surface area contributed by atoms with Gasteiger partial charge in [0.15, 0.2) is 5.96 Å². The molecule has 13 nitrogen and oxygen atoms in total. The molecule has 10 N–H and O–H groups in total. The van der Waals surface area contributed by atoms with E-state index in [9.17, 15) is 19.2 Å². The Labute approximate surface area is 174 Å². The number of carboxylic acids is 1. The second kappa shape index (κ2) is 11.9. The Morgan fingerprint density at radius 3 is 2.40 bits per heavy atom. The number of nitrogens with two attached hydrogens (primary N) is 3. The summed E-state index contributed by atoms with van der Waals surface area (Å²) in [5.74, 6) is -3.17. The van der Waals surface area contributed by atoms with Gasteiger partial charge in [-0.1, -0.05) is 0 Å². The second-order valence-corrected chi connectivity index (χ2v) is 7.07. The molecule has 1 heterocycles. The Kier molecular flexibility index (Phi) is 9.98. The van der Waals surface area contributed by atoms with Gasteiger partial charge in [0.1, 0.15) is 18.1 Å². The van der Waals surface area contributed by atoms with Gasteiger partial charge in [-0.2, -0.15) is 0 Å².